The van der Waals surface area contributed by atoms with E-state index >= 15 is 0 Å². The summed E-state index contributed by atoms with van der Waals surface area (Å²) in [5.74, 6) is -0.0531. The van der Waals surface area contributed by atoms with E-state index in [4.69, 9.17) is 0 Å². The van der Waals surface area contributed by atoms with E-state index in [1.54, 1.807) is 6.92 Å². The second kappa shape index (κ2) is 14.9. The van der Waals surface area contributed by atoms with Crippen molar-refractivity contribution in [3.05, 3.63) is 126 Å². The Hall–Kier alpha value is -5.08. The third-order valence-corrected chi connectivity index (χ3v) is 7.50. The molecule has 5 rings (SSSR count). The van der Waals surface area contributed by atoms with Crippen molar-refractivity contribution in [1.82, 2.24) is 14.9 Å². The molecule has 0 saturated carbocycles. The molecule has 0 fully saturated rings. The number of Topliss-reactive ketones (excluding diaryl/α,β-unsaturated/α-hetero) is 1. The molecular weight excluding hydrogens is 548 g/mol. The fourth-order valence-corrected chi connectivity index (χ4v) is 5.04. The first-order chi connectivity index (χ1) is 21.4. The van der Waals surface area contributed by atoms with E-state index in [1.807, 2.05) is 109 Å². The SMILES string of the molecule is CC(=O)c1ccc2cc(N(C)CC(=O)Nc3ccc(NCCN(CCc4ccccn4)Cc4ccccn4)cc3)ccc2c1. The van der Waals surface area contributed by atoms with Gasteiger partial charge in [-0.25, -0.2) is 0 Å². The van der Waals surface area contributed by atoms with Crippen molar-refractivity contribution in [2.75, 3.05) is 48.8 Å². The summed E-state index contributed by atoms with van der Waals surface area (Å²) < 4.78 is 0. The van der Waals surface area contributed by atoms with Crippen molar-refractivity contribution in [3.63, 3.8) is 0 Å². The van der Waals surface area contributed by atoms with Gasteiger partial charge in [-0.1, -0.05) is 30.3 Å². The van der Waals surface area contributed by atoms with E-state index < -0.39 is 0 Å². The molecule has 0 saturated heterocycles. The summed E-state index contributed by atoms with van der Waals surface area (Å²) in [5, 5.41) is 8.52. The van der Waals surface area contributed by atoms with Gasteiger partial charge in [-0.15, -0.1) is 0 Å². The molecule has 0 atom stereocenters. The van der Waals surface area contributed by atoms with Gasteiger partial charge in [-0.3, -0.25) is 24.5 Å². The topological polar surface area (TPSA) is 90.5 Å². The number of rotatable bonds is 14. The minimum absolute atomic E-state index is 0.0457. The number of fused-ring (bicyclic) bond motifs is 1. The summed E-state index contributed by atoms with van der Waals surface area (Å²) in [6, 6.07) is 31.5. The second-order valence-electron chi connectivity index (χ2n) is 10.9. The third-order valence-electron chi connectivity index (χ3n) is 7.50. The van der Waals surface area contributed by atoms with Crippen LogP contribution in [0.15, 0.2) is 109 Å². The molecule has 2 heterocycles. The van der Waals surface area contributed by atoms with Crippen molar-refractivity contribution in [3.8, 4) is 0 Å². The van der Waals surface area contributed by atoms with Crippen LogP contribution < -0.4 is 15.5 Å². The molecule has 8 nitrogen and oxygen atoms in total. The van der Waals surface area contributed by atoms with Crippen LogP contribution >= 0.6 is 0 Å². The lowest BCUT2D eigenvalue weighted by atomic mass is 10.0. The fraction of sp³-hybridized carbons (Fsp3) is 0.222. The summed E-state index contributed by atoms with van der Waals surface area (Å²) in [6.07, 6.45) is 4.54. The van der Waals surface area contributed by atoms with E-state index in [0.717, 1.165) is 71.8 Å². The quantitative estimate of drug-likeness (QED) is 0.153. The molecule has 0 aliphatic carbocycles. The van der Waals surface area contributed by atoms with Crippen LogP contribution in [0.25, 0.3) is 10.8 Å². The molecule has 3 aromatic carbocycles. The van der Waals surface area contributed by atoms with Crippen LogP contribution in [0.1, 0.15) is 28.7 Å². The van der Waals surface area contributed by atoms with Gasteiger partial charge in [0.25, 0.3) is 0 Å². The van der Waals surface area contributed by atoms with Gasteiger partial charge >= 0.3 is 0 Å². The van der Waals surface area contributed by atoms with E-state index in [-0.39, 0.29) is 18.2 Å². The number of nitrogens with one attached hydrogen (secondary N) is 2. The average Bonchev–Trinajstić information content (AvgIpc) is 3.04. The Morgan fingerprint density at radius 3 is 2.14 bits per heavy atom. The number of hydrogen-bond donors (Lipinski definition) is 2. The second-order valence-corrected chi connectivity index (χ2v) is 10.9. The van der Waals surface area contributed by atoms with Gasteiger partial charge in [-0.2, -0.15) is 0 Å². The van der Waals surface area contributed by atoms with E-state index in [1.165, 1.54) is 0 Å². The Morgan fingerprint density at radius 1 is 0.750 bits per heavy atom. The zero-order valence-corrected chi connectivity index (χ0v) is 25.2. The summed E-state index contributed by atoms with van der Waals surface area (Å²) in [4.78, 5) is 37.7. The highest BCUT2D eigenvalue weighted by molar-refractivity contribution is 5.99. The van der Waals surface area contributed by atoms with Gasteiger partial charge in [0.15, 0.2) is 5.78 Å². The Balaban J connectivity index is 1.10. The van der Waals surface area contributed by atoms with Crippen molar-refractivity contribution in [2.24, 2.45) is 0 Å². The highest BCUT2D eigenvalue weighted by Crippen LogP contribution is 2.23. The first-order valence-corrected chi connectivity index (χ1v) is 14.8. The molecule has 8 heteroatoms. The van der Waals surface area contributed by atoms with Crippen LogP contribution in [0.2, 0.25) is 0 Å². The van der Waals surface area contributed by atoms with Crippen LogP contribution in [0.4, 0.5) is 17.1 Å². The average molecular weight is 587 g/mol. The Morgan fingerprint density at radius 2 is 1.43 bits per heavy atom. The summed E-state index contributed by atoms with van der Waals surface area (Å²) in [6.45, 7) is 5.05. The lowest BCUT2D eigenvalue weighted by Crippen LogP contribution is -2.31. The smallest absolute Gasteiger partial charge is 0.243 e. The summed E-state index contributed by atoms with van der Waals surface area (Å²) in [7, 11) is 1.89. The normalized spacial score (nSPS) is 11.0. The molecule has 1 amide bonds. The molecule has 0 spiro atoms. The zero-order chi connectivity index (χ0) is 30.7. The number of hydrogen-bond acceptors (Lipinski definition) is 7. The van der Waals surface area contributed by atoms with Gasteiger partial charge in [0.1, 0.15) is 0 Å². The van der Waals surface area contributed by atoms with E-state index in [2.05, 4.69) is 37.6 Å². The lowest BCUT2D eigenvalue weighted by molar-refractivity contribution is -0.114. The van der Waals surface area contributed by atoms with Gasteiger partial charge in [0.2, 0.25) is 5.91 Å². The Bertz CT molecular complexity index is 1680. The first-order valence-electron chi connectivity index (χ1n) is 14.8. The number of carbonyl (C=O) groups is 2. The zero-order valence-electron chi connectivity index (χ0n) is 25.2. The van der Waals surface area contributed by atoms with Crippen LogP contribution in [-0.2, 0) is 17.8 Å². The molecule has 44 heavy (non-hydrogen) atoms. The maximum absolute atomic E-state index is 12.8. The number of carbonyl (C=O) groups excluding carboxylic acids is 2. The van der Waals surface area contributed by atoms with Crippen molar-refractivity contribution in [1.29, 1.82) is 0 Å². The minimum atomic E-state index is -0.0988. The van der Waals surface area contributed by atoms with Crippen molar-refractivity contribution >= 4 is 39.5 Å². The summed E-state index contributed by atoms with van der Waals surface area (Å²) >= 11 is 0. The molecule has 2 aromatic heterocycles. The van der Waals surface area contributed by atoms with Crippen molar-refractivity contribution < 1.29 is 9.59 Å². The number of anilines is 3. The molecule has 0 bridgehead atoms. The van der Waals surface area contributed by atoms with E-state index in [0.29, 0.717) is 5.56 Å². The van der Waals surface area contributed by atoms with Gasteiger partial charge < -0.3 is 15.5 Å². The number of pyridine rings is 2. The van der Waals surface area contributed by atoms with Gasteiger partial charge in [-0.05, 0) is 84.4 Å². The predicted octanol–water partition coefficient (Wildman–Crippen LogP) is 6.06. The molecular formula is C36H38N6O2. The maximum Gasteiger partial charge on any atom is 0.243 e. The predicted molar refractivity (Wildman–Crippen MR) is 178 cm³/mol. The molecule has 0 aliphatic heterocycles. The molecule has 0 radical (unpaired) electrons. The molecule has 5 aromatic rings. The van der Waals surface area contributed by atoms with Crippen LogP contribution in [0, 0.1) is 0 Å². The maximum atomic E-state index is 12.8. The van der Waals surface area contributed by atoms with Crippen LogP contribution in [0.3, 0.4) is 0 Å². The standard InChI is InChI=1S/C36H38N6O2/c1-27(43)28-9-10-30-24-35(16-11-29(30)23-28)41(2)26-36(44)40-33-14-12-32(13-15-33)39-20-22-42(25-34-8-4-6-19-38-34)21-17-31-7-3-5-18-37-31/h3-16,18-19,23-24,39H,17,20-22,25-26H2,1-2H3,(H,40,44). The van der Waals surface area contributed by atoms with Crippen LogP contribution in [-0.4, -0.2) is 59.8 Å². The molecule has 224 valence electrons. The number of aromatic nitrogens is 2. The molecule has 0 unspecified atom stereocenters. The Kier molecular flexibility index (Phi) is 10.3. The number of nitrogens with zero attached hydrogens (tertiary/aromatic N) is 4. The summed E-state index contributed by atoms with van der Waals surface area (Å²) in [5.41, 5.74) is 5.49. The van der Waals surface area contributed by atoms with Crippen LogP contribution in [0.5, 0.6) is 0 Å². The minimum Gasteiger partial charge on any atom is -0.384 e. The van der Waals surface area contributed by atoms with Crippen molar-refractivity contribution in [2.45, 2.75) is 19.9 Å². The Labute approximate surface area is 258 Å². The largest absolute Gasteiger partial charge is 0.384 e. The highest BCUT2D eigenvalue weighted by atomic mass is 16.2. The highest BCUT2D eigenvalue weighted by Gasteiger charge is 2.11. The lowest BCUT2D eigenvalue weighted by Gasteiger charge is -2.22. The monoisotopic (exact) mass is 586 g/mol. The number of benzene rings is 3. The van der Waals surface area contributed by atoms with Gasteiger partial charge in [0, 0.05) is 80.4 Å². The fourth-order valence-electron chi connectivity index (χ4n) is 5.04. The number of amides is 1. The van der Waals surface area contributed by atoms with Gasteiger partial charge in [0.05, 0.1) is 12.2 Å². The molecule has 0 aliphatic rings. The molecule has 2 N–H and O–H groups in total. The van der Waals surface area contributed by atoms with E-state index in [9.17, 15) is 9.59 Å². The first kappa shape index (κ1) is 30.4. The number of ketones is 1. The third kappa shape index (κ3) is 8.72. The number of likely N-dealkylation sites (N-methyl/N-ethyl adjacent to an activating group) is 1.